The van der Waals surface area contributed by atoms with Crippen LogP contribution in [0.25, 0.3) is 0 Å². The van der Waals surface area contributed by atoms with Gasteiger partial charge in [0, 0.05) is 0 Å². The number of hydrogen-bond acceptors (Lipinski definition) is 2. The summed E-state index contributed by atoms with van der Waals surface area (Å²) in [6.07, 6.45) is 8.61. The molecule has 1 aliphatic carbocycles. The van der Waals surface area contributed by atoms with Crippen LogP contribution in [-0.2, 0) is 4.79 Å². The Hall–Kier alpha value is -1.70. The molecule has 1 saturated carbocycles. The van der Waals surface area contributed by atoms with Crippen LogP contribution in [0.5, 0.6) is 0 Å². The quantitative estimate of drug-likeness (QED) is 0.618. The number of hydrogen-bond donors (Lipinski definition) is 3. The fourth-order valence-electron chi connectivity index (χ4n) is 1.94. The second-order valence-electron chi connectivity index (χ2n) is 3.96. The van der Waals surface area contributed by atoms with E-state index < -0.39 is 17.5 Å². The maximum Gasteiger partial charge on any atom is 0.329 e. The SMILES string of the molecule is C#CCNC(=O)NC1(C(=O)O)CCCCC1. The Balaban J connectivity index is 2.61. The van der Waals surface area contributed by atoms with E-state index in [2.05, 4.69) is 16.6 Å². The molecule has 3 N–H and O–H groups in total. The first-order valence-corrected chi connectivity index (χ1v) is 5.33. The number of carboxylic acid groups (broad SMARTS) is 1. The zero-order valence-electron chi connectivity index (χ0n) is 9.08. The summed E-state index contributed by atoms with van der Waals surface area (Å²) in [5.74, 6) is 1.29. The number of urea groups is 1. The van der Waals surface area contributed by atoms with Gasteiger partial charge in [0.2, 0.25) is 0 Å². The minimum Gasteiger partial charge on any atom is -0.480 e. The van der Waals surface area contributed by atoms with Crippen molar-refractivity contribution in [2.24, 2.45) is 0 Å². The van der Waals surface area contributed by atoms with Gasteiger partial charge in [-0.05, 0) is 12.8 Å². The molecule has 0 atom stereocenters. The van der Waals surface area contributed by atoms with Crippen LogP contribution < -0.4 is 10.6 Å². The second-order valence-corrected chi connectivity index (χ2v) is 3.96. The standard InChI is InChI=1S/C11H16N2O3/c1-2-8-12-10(16)13-11(9(14)15)6-4-3-5-7-11/h1H,3-8H2,(H,14,15)(H2,12,13,16). The monoisotopic (exact) mass is 224 g/mol. The Labute approximate surface area is 94.6 Å². The summed E-state index contributed by atoms with van der Waals surface area (Å²) in [7, 11) is 0. The van der Waals surface area contributed by atoms with Gasteiger partial charge in [0.05, 0.1) is 6.54 Å². The molecular formula is C11H16N2O3. The molecule has 0 aromatic rings. The summed E-state index contributed by atoms with van der Waals surface area (Å²) in [6.45, 7) is 0.0987. The lowest BCUT2D eigenvalue weighted by Gasteiger charge is -2.33. The Morgan fingerprint density at radius 3 is 2.44 bits per heavy atom. The molecule has 0 aromatic carbocycles. The van der Waals surface area contributed by atoms with Gasteiger partial charge in [-0.25, -0.2) is 9.59 Å². The first kappa shape index (κ1) is 12.4. The zero-order valence-corrected chi connectivity index (χ0v) is 9.08. The van der Waals surface area contributed by atoms with Gasteiger partial charge < -0.3 is 15.7 Å². The molecule has 0 radical (unpaired) electrons. The van der Waals surface area contributed by atoms with Crippen molar-refractivity contribution in [2.75, 3.05) is 6.54 Å². The lowest BCUT2D eigenvalue weighted by Crippen LogP contribution is -2.58. The van der Waals surface area contributed by atoms with E-state index in [1.165, 1.54) is 0 Å². The predicted molar refractivity (Wildman–Crippen MR) is 58.8 cm³/mol. The van der Waals surface area contributed by atoms with Crippen LogP contribution in [0.1, 0.15) is 32.1 Å². The van der Waals surface area contributed by atoms with Crippen LogP contribution >= 0.6 is 0 Å². The van der Waals surface area contributed by atoms with Crippen LogP contribution in [0.4, 0.5) is 4.79 Å². The average Bonchev–Trinajstić information content (AvgIpc) is 2.27. The molecule has 0 bridgehead atoms. The zero-order chi connectivity index (χ0) is 12.0. The number of terminal acetylenes is 1. The maximum absolute atomic E-state index is 11.4. The van der Waals surface area contributed by atoms with Crippen molar-refractivity contribution < 1.29 is 14.7 Å². The van der Waals surface area contributed by atoms with Gasteiger partial charge >= 0.3 is 12.0 Å². The van der Waals surface area contributed by atoms with E-state index >= 15 is 0 Å². The van der Waals surface area contributed by atoms with Crippen molar-refractivity contribution in [3.8, 4) is 12.3 Å². The Morgan fingerprint density at radius 2 is 1.94 bits per heavy atom. The maximum atomic E-state index is 11.4. The Morgan fingerprint density at radius 1 is 1.31 bits per heavy atom. The van der Waals surface area contributed by atoms with Crippen molar-refractivity contribution >= 4 is 12.0 Å². The lowest BCUT2D eigenvalue weighted by atomic mass is 9.82. The Kier molecular flexibility index (Phi) is 4.18. The number of carboxylic acids is 1. The van der Waals surface area contributed by atoms with Crippen LogP contribution in [0.3, 0.4) is 0 Å². The molecule has 0 aromatic heterocycles. The number of carbonyl (C=O) groups is 2. The summed E-state index contributed by atoms with van der Waals surface area (Å²) in [5.41, 5.74) is -1.11. The highest BCUT2D eigenvalue weighted by Crippen LogP contribution is 2.28. The minimum atomic E-state index is -1.11. The van der Waals surface area contributed by atoms with Gasteiger partial charge in [-0.1, -0.05) is 25.2 Å². The smallest absolute Gasteiger partial charge is 0.329 e. The lowest BCUT2D eigenvalue weighted by molar-refractivity contribution is -0.145. The van der Waals surface area contributed by atoms with Gasteiger partial charge in [0.1, 0.15) is 5.54 Å². The second kappa shape index (κ2) is 5.40. The normalized spacial score (nSPS) is 18.2. The third kappa shape index (κ3) is 2.89. The van der Waals surface area contributed by atoms with E-state index in [0.717, 1.165) is 19.3 Å². The number of amides is 2. The number of nitrogens with one attached hydrogen (secondary N) is 2. The summed E-state index contributed by atoms with van der Waals surface area (Å²) < 4.78 is 0. The molecular weight excluding hydrogens is 208 g/mol. The largest absolute Gasteiger partial charge is 0.480 e. The number of rotatable bonds is 3. The first-order valence-electron chi connectivity index (χ1n) is 5.33. The van der Waals surface area contributed by atoms with Gasteiger partial charge in [0.15, 0.2) is 0 Å². The van der Waals surface area contributed by atoms with Crippen LogP contribution in [-0.4, -0.2) is 29.2 Å². The summed E-state index contributed by atoms with van der Waals surface area (Å²) in [6, 6.07) is -0.512. The molecule has 1 fully saturated rings. The summed E-state index contributed by atoms with van der Waals surface area (Å²) in [5, 5.41) is 14.1. The molecule has 88 valence electrons. The highest BCUT2D eigenvalue weighted by molar-refractivity contribution is 5.86. The summed E-state index contributed by atoms with van der Waals surface area (Å²) >= 11 is 0. The van der Waals surface area contributed by atoms with Crippen molar-refractivity contribution in [3.05, 3.63) is 0 Å². The third-order valence-corrected chi connectivity index (χ3v) is 2.82. The van der Waals surface area contributed by atoms with E-state index in [0.29, 0.717) is 12.8 Å². The third-order valence-electron chi connectivity index (χ3n) is 2.82. The summed E-state index contributed by atoms with van der Waals surface area (Å²) in [4.78, 5) is 22.6. The predicted octanol–water partition coefficient (Wildman–Crippen LogP) is 0.706. The molecule has 5 heteroatoms. The average molecular weight is 224 g/mol. The molecule has 0 unspecified atom stereocenters. The molecule has 2 amide bonds. The molecule has 0 saturated heterocycles. The van der Waals surface area contributed by atoms with E-state index in [-0.39, 0.29) is 6.54 Å². The fourth-order valence-corrected chi connectivity index (χ4v) is 1.94. The van der Waals surface area contributed by atoms with Crippen LogP contribution in [0.2, 0.25) is 0 Å². The van der Waals surface area contributed by atoms with Gasteiger partial charge in [0.25, 0.3) is 0 Å². The molecule has 1 rings (SSSR count). The Bertz CT molecular complexity index is 314. The highest BCUT2D eigenvalue weighted by Gasteiger charge is 2.40. The van der Waals surface area contributed by atoms with Gasteiger partial charge in [-0.3, -0.25) is 0 Å². The van der Waals surface area contributed by atoms with Crippen LogP contribution in [0, 0.1) is 12.3 Å². The molecule has 0 spiro atoms. The molecule has 16 heavy (non-hydrogen) atoms. The fraction of sp³-hybridized carbons (Fsp3) is 0.636. The first-order chi connectivity index (χ1) is 7.60. The van der Waals surface area contributed by atoms with E-state index in [1.54, 1.807) is 0 Å². The molecule has 0 heterocycles. The van der Waals surface area contributed by atoms with E-state index in [1.807, 2.05) is 0 Å². The molecule has 0 aliphatic heterocycles. The van der Waals surface area contributed by atoms with Crippen molar-refractivity contribution in [2.45, 2.75) is 37.6 Å². The van der Waals surface area contributed by atoms with E-state index in [9.17, 15) is 14.7 Å². The van der Waals surface area contributed by atoms with Gasteiger partial charge in [-0.2, -0.15) is 0 Å². The minimum absolute atomic E-state index is 0.0987. The van der Waals surface area contributed by atoms with Crippen molar-refractivity contribution in [1.82, 2.24) is 10.6 Å². The topological polar surface area (TPSA) is 78.4 Å². The molecule has 1 aliphatic rings. The van der Waals surface area contributed by atoms with Crippen LogP contribution in [0.15, 0.2) is 0 Å². The number of carbonyl (C=O) groups excluding carboxylic acids is 1. The molecule has 5 nitrogen and oxygen atoms in total. The van der Waals surface area contributed by atoms with Crippen molar-refractivity contribution in [3.63, 3.8) is 0 Å². The van der Waals surface area contributed by atoms with E-state index in [4.69, 9.17) is 6.42 Å². The highest BCUT2D eigenvalue weighted by atomic mass is 16.4. The number of aliphatic carboxylic acids is 1. The van der Waals surface area contributed by atoms with Crippen molar-refractivity contribution in [1.29, 1.82) is 0 Å². The van der Waals surface area contributed by atoms with Gasteiger partial charge in [-0.15, -0.1) is 6.42 Å².